The molecule has 0 N–H and O–H groups in total. The van der Waals surface area contributed by atoms with Gasteiger partial charge in [-0.05, 0) is 12.0 Å². The Morgan fingerprint density at radius 1 is 1.37 bits per heavy atom. The number of fused-ring (bicyclic) bond motifs is 1. The standard InChI is InChI=1S/C14H14O5/c1-17-12(15)14-10(7-8-18-14)11(19-13(14)16)9-5-3-2-4-6-9/h2-6,10-11H,7-8H2,1H3/t10-,11-,14+/m1/s1. The van der Waals surface area contributed by atoms with Crippen LogP contribution in [0.5, 0.6) is 0 Å². The number of methoxy groups -OCH3 is 1. The van der Waals surface area contributed by atoms with Gasteiger partial charge in [0.25, 0.3) is 5.60 Å². The van der Waals surface area contributed by atoms with Crippen LogP contribution in [0.15, 0.2) is 30.3 Å². The van der Waals surface area contributed by atoms with Crippen LogP contribution in [0, 0.1) is 5.92 Å². The zero-order chi connectivity index (χ0) is 13.5. The van der Waals surface area contributed by atoms with E-state index in [1.54, 1.807) is 0 Å². The number of ether oxygens (including phenoxy) is 3. The van der Waals surface area contributed by atoms with Crippen molar-refractivity contribution in [2.75, 3.05) is 13.7 Å². The summed E-state index contributed by atoms with van der Waals surface area (Å²) in [7, 11) is 1.25. The van der Waals surface area contributed by atoms with Gasteiger partial charge in [-0.3, -0.25) is 0 Å². The number of cyclic esters (lactones) is 1. The first-order valence-corrected chi connectivity index (χ1v) is 6.18. The highest BCUT2D eigenvalue weighted by Crippen LogP contribution is 2.49. The fraction of sp³-hybridized carbons (Fsp3) is 0.429. The van der Waals surface area contributed by atoms with Crippen molar-refractivity contribution in [3.63, 3.8) is 0 Å². The molecule has 2 aliphatic rings. The molecule has 0 bridgehead atoms. The summed E-state index contributed by atoms with van der Waals surface area (Å²) >= 11 is 0. The Kier molecular flexibility index (Phi) is 2.78. The first-order valence-electron chi connectivity index (χ1n) is 6.18. The molecule has 5 nitrogen and oxygen atoms in total. The molecule has 3 atom stereocenters. The van der Waals surface area contributed by atoms with Gasteiger partial charge in [-0.15, -0.1) is 0 Å². The van der Waals surface area contributed by atoms with Gasteiger partial charge < -0.3 is 14.2 Å². The SMILES string of the molecule is COC(=O)[C@@]12OCC[C@@H]1[C@@H](c1ccccc1)OC2=O. The summed E-state index contributed by atoms with van der Waals surface area (Å²) in [5.74, 6) is -1.64. The van der Waals surface area contributed by atoms with Crippen molar-refractivity contribution in [2.45, 2.75) is 18.1 Å². The van der Waals surface area contributed by atoms with Gasteiger partial charge in [0.15, 0.2) is 0 Å². The molecule has 2 heterocycles. The molecule has 3 rings (SSSR count). The Morgan fingerprint density at radius 3 is 2.79 bits per heavy atom. The quantitative estimate of drug-likeness (QED) is 0.592. The minimum atomic E-state index is -1.57. The molecule has 0 unspecified atom stereocenters. The fourth-order valence-electron chi connectivity index (χ4n) is 2.91. The van der Waals surface area contributed by atoms with E-state index in [1.807, 2.05) is 30.3 Å². The van der Waals surface area contributed by atoms with Crippen molar-refractivity contribution in [1.82, 2.24) is 0 Å². The number of esters is 2. The molecular formula is C14H14O5. The highest BCUT2D eigenvalue weighted by molar-refractivity contribution is 6.06. The van der Waals surface area contributed by atoms with E-state index in [-0.39, 0.29) is 5.92 Å². The molecule has 100 valence electrons. The Hall–Kier alpha value is -1.88. The van der Waals surface area contributed by atoms with Gasteiger partial charge in [-0.2, -0.15) is 0 Å². The van der Waals surface area contributed by atoms with E-state index >= 15 is 0 Å². The minimum Gasteiger partial charge on any atom is -0.466 e. The van der Waals surface area contributed by atoms with Crippen molar-refractivity contribution in [3.8, 4) is 0 Å². The van der Waals surface area contributed by atoms with Gasteiger partial charge in [0.05, 0.1) is 13.0 Å². The second kappa shape index (κ2) is 4.35. The third kappa shape index (κ3) is 1.58. The highest BCUT2D eigenvalue weighted by Gasteiger charge is 2.67. The smallest absolute Gasteiger partial charge is 0.351 e. The first-order chi connectivity index (χ1) is 9.20. The van der Waals surface area contributed by atoms with E-state index in [0.717, 1.165) is 5.56 Å². The number of carbonyl (C=O) groups is 2. The third-order valence-corrected chi connectivity index (χ3v) is 3.80. The van der Waals surface area contributed by atoms with Crippen molar-refractivity contribution in [1.29, 1.82) is 0 Å². The summed E-state index contributed by atoms with van der Waals surface area (Å²) in [6, 6.07) is 9.39. The van der Waals surface area contributed by atoms with Gasteiger partial charge in [0.1, 0.15) is 6.10 Å². The molecule has 0 amide bonds. The summed E-state index contributed by atoms with van der Waals surface area (Å²) in [6.07, 6.45) is 0.149. The van der Waals surface area contributed by atoms with E-state index in [2.05, 4.69) is 0 Å². The van der Waals surface area contributed by atoms with Crippen LogP contribution in [-0.4, -0.2) is 31.3 Å². The van der Waals surface area contributed by atoms with Crippen LogP contribution in [0.25, 0.3) is 0 Å². The number of rotatable bonds is 2. The van der Waals surface area contributed by atoms with Gasteiger partial charge in [-0.25, -0.2) is 9.59 Å². The summed E-state index contributed by atoms with van der Waals surface area (Å²) < 4.78 is 15.5. The topological polar surface area (TPSA) is 61.8 Å². The first kappa shape index (κ1) is 12.2. The summed E-state index contributed by atoms with van der Waals surface area (Å²) in [6.45, 7) is 0.359. The lowest BCUT2D eigenvalue weighted by atomic mass is 9.83. The van der Waals surface area contributed by atoms with Crippen LogP contribution in [0.4, 0.5) is 0 Å². The van der Waals surface area contributed by atoms with Crippen molar-refractivity contribution >= 4 is 11.9 Å². The van der Waals surface area contributed by atoms with Gasteiger partial charge in [-0.1, -0.05) is 30.3 Å². The molecule has 0 aromatic heterocycles. The lowest BCUT2D eigenvalue weighted by Gasteiger charge is -2.21. The van der Waals surface area contributed by atoms with E-state index in [0.29, 0.717) is 13.0 Å². The second-order valence-corrected chi connectivity index (χ2v) is 4.71. The molecule has 2 aliphatic heterocycles. The number of hydrogen-bond acceptors (Lipinski definition) is 5. The average Bonchev–Trinajstić information content (AvgIpc) is 2.99. The maximum Gasteiger partial charge on any atom is 0.351 e. The van der Waals surface area contributed by atoms with Crippen molar-refractivity contribution in [3.05, 3.63) is 35.9 Å². The predicted octanol–water partition coefficient (Wildman–Crippen LogP) is 1.23. The van der Waals surface area contributed by atoms with Crippen LogP contribution < -0.4 is 0 Å². The normalized spacial score (nSPS) is 32.8. The molecule has 0 radical (unpaired) electrons. The molecule has 2 fully saturated rings. The van der Waals surface area contributed by atoms with Crippen LogP contribution in [0.1, 0.15) is 18.1 Å². The molecule has 5 heteroatoms. The predicted molar refractivity (Wildman–Crippen MR) is 64.1 cm³/mol. The van der Waals surface area contributed by atoms with E-state index < -0.39 is 23.6 Å². The Balaban J connectivity index is 2.00. The van der Waals surface area contributed by atoms with Crippen LogP contribution >= 0.6 is 0 Å². The lowest BCUT2D eigenvalue weighted by molar-refractivity contribution is -0.176. The van der Waals surface area contributed by atoms with Gasteiger partial charge in [0.2, 0.25) is 0 Å². The second-order valence-electron chi connectivity index (χ2n) is 4.71. The van der Waals surface area contributed by atoms with Gasteiger partial charge >= 0.3 is 11.9 Å². The summed E-state index contributed by atoms with van der Waals surface area (Å²) in [5, 5.41) is 0. The van der Waals surface area contributed by atoms with Crippen molar-refractivity contribution in [2.24, 2.45) is 5.92 Å². The van der Waals surface area contributed by atoms with Crippen LogP contribution in [0.2, 0.25) is 0 Å². The monoisotopic (exact) mass is 262 g/mol. The molecule has 0 saturated carbocycles. The highest BCUT2D eigenvalue weighted by atomic mass is 16.6. The van der Waals surface area contributed by atoms with Crippen molar-refractivity contribution < 1.29 is 23.8 Å². The molecular weight excluding hydrogens is 248 g/mol. The maximum absolute atomic E-state index is 12.1. The summed E-state index contributed by atoms with van der Waals surface area (Å²) in [4.78, 5) is 24.1. The largest absolute Gasteiger partial charge is 0.466 e. The Labute approximate surface area is 110 Å². The maximum atomic E-state index is 12.1. The molecule has 19 heavy (non-hydrogen) atoms. The van der Waals surface area contributed by atoms with Gasteiger partial charge in [0, 0.05) is 6.61 Å². The minimum absolute atomic E-state index is 0.324. The van der Waals surface area contributed by atoms with E-state index in [1.165, 1.54) is 7.11 Å². The lowest BCUT2D eigenvalue weighted by Crippen LogP contribution is -2.48. The van der Waals surface area contributed by atoms with E-state index in [4.69, 9.17) is 14.2 Å². The molecule has 1 aromatic rings. The number of carbonyl (C=O) groups excluding carboxylic acids is 2. The van der Waals surface area contributed by atoms with Crippen LogP contribution in [-0.2, 0) is 23.8 Å². The molecule has 0 aliphatic carbocycles. The Morgan fingerprint density at radius 2 is 2.11 bits per heavy atom. The fourth-order valence-corrected chi connectivity index (χ4v) is 2.91. The molecule has 2 saturated heterocycles. The van der Waals surface area contributed by atoms with E-state index in [9.17, 15) is 9.59 Å². The third-order valence-electron chi connectivity index (χ3n) is 3.80. The van der Waals surface area contributed by atoms with Crippen LogP contribution in [0.3, 0.4) is 0 Å². The zero-order valence-corrected chi connectivity index (χ0v) is 10.5. The number of benzene rings is 1. The Bertz CT molecular complexity index is 512. The molecule has 0 spiro atoms. The number of hydrogen-bond donors (Lipinski definition) is 0. The molecule has 1 aromatic carbocycles. The summed E-state index contributed by atoms with van der Waals surface area (Å²) in [5.41, 5.74) is -0.702. The zero-order valence-electron chi connectivity index (χ0n) is 10.5. The average molecular weight is 262 g/mol.